The summed E-state index contributed by atoms with van der Waals surface area (Å²) in [7, 11) is 0. The Morgan fingerprint density at radius 3 is 2.95 bits per heavy atom. The third-order valence-corrected chi connectivity index (χ3v) is 4.03. The quantitative estimate of drug-likeness (QED) is 0.771. The van der Waals surface area contributed by atoms with Crippen LogP contribution in [0.1, 0.15) is 24.4 Å². The molecule has 0 amide bonds. The molecule has 108 valence electrons. The summed E-state index contributed by atoms with van der Waals surface area (Å²) in [6.07, 6.45) is 2.85. The van der Waals surface area contributed by atoms with Crippen molar-refractivity contribution in [1.29, 1.82) is 0 Å². The van der Waals surface area contributed by atoms with Crippen LogP contribution in [0.25, 0.3) is 5.65 Å². The number of nitrogens with zero attached hydrogens (tertiary/aromatic N) is 3. The minimum atomic E-state index is 0.307. The van der Waals surface area contributed by atoms with Crippen molar-refractivity contribution in [3.05, 3.63) is 64.5 Å². The Labute approximate surface area is 132 Å². The molecular formula is C16H17BrN4. The van der Waals surface area contributed by atoms with E-state index in [1.807, 2.05) is 34.9 Å². The first-order valence-corrected chi connectivity index (χ1v) is 7.81. The van der Waals surface area contributed by atoms with Gasteiger partial charge in [-0.2, -0.15) is 0 Å². The number of fused-ring (bicyclic) bond motifs is 1. The maximum atomic E-state index is 4.24. The van der Waals surface area contributed by atoms with Crippen LogP contribution in [-0.2, 0) is 6.42 Å². The Bertz CT molecular complexity index is 738. The first-order valence-electron chi connectivity index (χ1n) is 7.01. The maximum Gasteiger partial charge on any atom is 0.160 e. The van der Waals surface area contributed by atoms with Crippen LogP contribution in [-0.4, -0.2) is 21.1 Å². The van der Waals surface area contributed by atoms with Crippen molar-refractivity contribution in [2.45, 2.75) is 19.4 Å². The van der Waals surface area contributed by atoms with Crippen molar-refractivity contribution in [3.63, 3.8) is 0 Å². The SMILES string of the molecule is CC(NCCc1nnc2ccccn12)c1cccc(Br)c1. The number of hydrogen-bond acceptors (Lipinski definition) is 3. The number of rotatable bonds is 5. The number of nitrogens with one attached hydrogen (secondary N) is 1. The molecular weight excluding hydrogens is 328 g/mol. The number of hydrogen-bond donors (Lipinski definition) is 1. The monoisotopic (exact) mass is 344 g/mol. The van der Waals surface area contributed by atoms with E-state index < -0.39 is 0 Å². The van der Waals surface area contributed by atoms with Gasteiger partial charge in [-0.05, 0) is 36.8 Å². The van der Waals surface area contributed by atoms with Crippen LogP contribution in [0.2, 0.25) is 0 Å². The molecule has 21 heavy (non-hydrogen) atoms. The van der Waals surface area contributed by atoms with Gasteiger partial charge in [-0.1, -0.05) is 34.1 Å². The standard InChI is InChI=1S/C16H17BrN4/c1-12(13-5-4-6-14(17)11-13)18-9-8-16-20-19-15-7-2-3-10-21(15)16/h2-7,10-12,18H,8-9H2,1H3. The average molecular weight is 345 g/mol. The highest BCUT2D eigenvalue weighted by atomic mass is 79.9. The van der Waals surface area contributed by atoms with E-state index in [1.165, 1.54) is 5.56 Å². The lowest BCUT2D eigenvalue weighted by molar-refractivity contribution is 0.568. The Balaban J connectivity index is 1.61. The van der Waals surface area contributed by atoms with Gasteiger partial charge in [-0.15, -0.1) is 10.2 Å². The van der Waals surface area contributed by atoms with E-state index in [9.17, 15) is 0 Å². The zero-order valence-corrected chi connectivity index (χ0v) is 13.4. The molecule has 0 aliphatic heterocycles. The second-order valence-electron chi connectivity index (χ2n) is 5.03. The van der Waals surface area contributed by atoms with Gasteiger partial charge in [-0.3, -0.25) is 4.40 Å². The lowest BCUT2D eigenvalue weighted by atomic mass is 10.1. The van der Waals surface area contributed by atoms with Gasteiger partial charge in [0.05, 0.1) is 0 Å². The molecule has 1 aromatic carbocycles. The zero-order valence-electron chi connectivity index (χ0n) is 11.8. The molecule has 1 N–H and O–H groups in total. The van der Waals surface area contributed by atoms with Crippen molar-refractivity contribution >= 4 is 21.6 Å². The van der Waals surface area contributed by atoms with E-state index in [0.717, 1.165) is 28.9 Å². The Morgan fingerprint density at radius 1 is 1.19 bits per heavy atom. The molecule has 1 atom stereocenters. The van der Waals surface area contributed by atoms with Gasteiger partial charge in [0, 0.05) is 29.7 Å². The molecule has 1 unspecified atom stereocenters. The summed E-state index contributed by atoms with van der Waals surface area (Å²) in [5.41, 5.74) is 2.17. The van der Waals surface area contributed by atoms with Crippen LogP contribution in [0, 0.1) is 0 Å². The van der Waals surface area contributed by atoms with Crippen molar-refractivity contribution in [1.82, 2.24) is 19.9 Å². The summed E-state index contributed by atoms with van der Waals surface area (Å²) in [5, 5.41) is 11.9. The van der Waals surface area contributed by atoms with Gasteiger partial charge in [-0.25, -0.2) is 0 Å². The summed E-state index contributed by atoms with van der Waals surface area (Å²) >= 11 is 3.51. The highest BCUT2D eigenvalue weighted by Crippen LogP contribution is 2.17. The number of halogens is 1. The molecule has 2 heterocycles. The van der Waals surface area contributed by atoms with Gasteiger partial charge in [0.2, 0.25) is 0 Å². The maximum absolute atomic E-state index is 4.24. The lowest BCUT2D eigenvalue weighted by Gasteiger charge is -2.14. The molecule has 0 bridgehead atoms. The molecule has 5 heteroatoms. The summed E-state index contributed by atoms with van der Waals surface area (Å²) in [5.74, 6) is 0.986. The molecule has 0 aliphatic carbocycles. The molecule has 0 spiro atoms. The Hall–Kier alpha value is -1.72. The van der Waals surface area contributed by atoms with Gasteiger partial charge in [0.1, 0.15) is 5.82 Å². The summed E-state index contributed by atoms with van der Waals surface area (Å²) in [6.45, 7) is 3.03. The predicted octanol–water partition coefficient (Wildman–Crippen LogP) is 3.39. The van der Waals surface area contributed by atoms with E-state index in [1.54, 1.807) is 0 Å². The third-order valence-electron chi connectivity index (χ3n) is 3.53. The van der Waals surface area contributed by atoms with Crippen LogP contribution >= 0.6 is 15.9 Å². The van der Waals surface area contributed by atoms with Crippen molar-refractivity contribution < 1.29 is 0 Å². The summed E-state index contributed by atoms with van der Waals surface area (Å²) < 4.78 is 3.14. The van der Waals surface area contributed by atoms with Crippen molar-refractivity contribution in [2.24, 2.45) is 0 Å². The minimum Gasteiger partial charge on any atom is -0.310 e. The topological polar surface area (TPSA) is 42.2 Å². The normalized spacial score (nSPS) is 12.7. The first-order chi connectivity index (χ1) is 10.2. The highest BCUT2D eigenvalue weighted by molar-refractivity contribution is 9.10. The van der Waals surface area contributed by atoms with Crippen LogP contribution in [0.3, 0.4) is 0 Å². The molecule has 0 aliphatic rings. The predicted molar refractivity (Wildman–Crippen MR) is 87.3 cm³/mol. The number of aromatic nitrogens is 3. The summed E-state index contributed by atoms with van der Waals surface area (Å²) in [4.78, 5) is 0. The highest BCUT2D eigenvalue weighted by Gasteiger charge is 2.07. The van der Waals surface area contributed by atoms with Crippen molar-refractivity contribution in [3.8, 4) is 0 Å². The second kappa shape index (κ2) is 6.37. The minimum absolute atomic E-state index is 0.307. The van der Waals surface area contributed by atoms with Gasteiger partial charge in [0.25, 0.3) is 0 Å². The smallest absolute Gasteiger partial charge is 0.160 e. The first kappa shape index (κ1) is 14.2. The van der Waals surface area contributed by atoms with E-state index in [0.29, 0.717) is 6.04 Å². The van der Waals surface area contributed by atoms with Crippen LogP contribution in [0.4, 0.5) is 0 Å². The molecule has 3 rings (SSSR count). The fourth-order valence-electron chi connectivity index (χ4n) is 2.36. The Kier molecular flexibility index (Phi) is 4.31. The van der Waals surface area contributed by atoms with E-state index in [-0.39, 0.29) is 0 Å². The average Bonchev–Trinajstić information content (AvgIpc) is 2.91. The van der Waals surface area contributed by atoms with Crippen LogP contribution in [0.15, 0.2) is 53.1 Å². The van der Waals surface area contributed by atoms with E-state index in [2.05, 4.69) is 56.6 Å². The lowest BCUT2D eigenvalue weighted by Crippen LogP contribution is -2.22. The zero-order chi connectivity index (χ0) is 14.7. The fourth-order valence-corrected chi connectivity index (χ4v) is 2.77. The summed E-state index contributed by atoms with van der Waals surface area (Å²) in [6, 6.07) is 14.6. The van der Waals surface area contributed by atoms with Crippen LogP contribution in [0.5, 0.6) is 0 Å². The molecule has 2 aromatic heterocycles. The molecule has 0 radical (unpaired) electrons. The van der Waals surface area contributed by atoms with Gasteiger partial charge < -0.3 is 5.32 Å². The molecule has 0 saturated heterocycles. The van der Waals surface area contributed by atoms with Crippen molar-refractivity contribution in [2.75, 3.05) is 6.54 Å². The largest absolute Gasteiger partial charge is 0.310 e. The number of pyridine rings is 1. The van der Waals surface area contributed by atoms with Crippen LogP contribution < -0.4 is 5.32 Å². The Morgan fingerprint density at radius 2 is 2.10 bits per heavy atom. The molecule has 0 saturated carbocycles. The molecule has 0 fully saturated rings. The molecule has 3 aromatic rings. The fraction of sp³-hybridized carbons (Fsp3) is 0.250. The number of benzene rings is 1. The van der Waals surface area contributed by atoms with E-state index in [4.69, 9.17) is 0 Å². The van der Waals surface area contributed by atoms with Gasteiger partial charge in [0.15, 0.2) is 5.65 Å². The second-order valence-corrected chi connectivity index (χ2v) is 5.94. The third kappa shape index (κ3) is 3.31. The molecule has 4 nitrogen and oxygen atoms in total. The van der Waals surface area contributed by atoms with E-state index >= 15 is 0 Å². The van der Waals surface area contributed by atoms with Gasteiger partial charge >= 0.3 is 0 Å².